The zero-order chi connectivity index (χ0) is 12.3. The minimum absolute atomic E-state index is 0.0279. The monoisotopic (exact) mass is 228 g/mol. The van der Waals surface area contributed by atoms with Crippen LogP contribution < -0.4 is 4.90 Å². The van der Waals surface area contributed by atoms with E-state index in [2.05, 4.69) is 17.5 Å². The summed E-state index contributed by atoms with van der Waals surface area (Å²) >= 11 is 0. The van der Waals surface area contributed by atoms with Crippen LogP contribution in [0.25, 0.3) is 0 Å². The predicted octanol–water partition coefficient (Wildman–Crippen LogP) is 2.21. The first-order valence-electron chi connectivity index (χ1n) is 5.81. The molecule has 1 aliphatic rings. The van der Waals surface area contributed by atoms with Crippen molar-refractivity contribution in [2.75, 3.05) is 11.4 Å². The Hall–Kier alpha value is -1.79. The molecule has 1 fully saturated rings. The van der Waals surface area contributed by atoms with Gasteiger partial charge in [0.25, 0.3) is 0 Å². The summed E-state index contributed by atoms with van der Waals surface area (Å²) in [6, 6.07) is 8.30. The smallest absolute Gasteiger partial charge is 0.101 e. The van der Waals surface area contributed by atoms with Crippen LogP contribution in [0, 0.1) is 11.3 Å². The van der Waals surface area contributed by atoms with Crippen molar-refractivity contribution in [3.63, 3.8) is 0 Å². The highest BCUT2D eigenvalue weighted by atomic mass is 16.3. The molecule has 1 saturated carbocycles. The number of aliphatic hydroxyl groups excluding tert-OH is 1. The summed E-state index contributed by atoms with van der Waals surface area (Å²) < 4.78 is 0. The van der Waals surface area contributed by atoms with Crippen molar-refractivity contribution in [2.45, 2.75) is 25.5 Å². The lowest BCUT2D eigenvalue weighted by atomic mass is 10.1. The number of hydrogen-bond acceptors (Lipinski definition) is 3. The molecule has 3 heteroatoms. The SMILES string of the molecule is C=CCN(c1ccc(CO)cc1C#N)C1CC1. The minimum Gasteiger partial charge on any atom is -0.392 e. The fourth-order valence-electron chi connectivity index (χ4n) is 1.99. The normalized spacial score (nSPS) is 14.1. The molecular weight excluding hydrogens is 212 g/mol. The molecule has 0 spiro atoms. The van der Waals surface area contributed by atoms with Crippen LogP contribution in [0.4, 0.5) is 5.69 Å². The van der Waals surface area contributed by atoms with Gasteiger partial charge in [0.1, 0.15) is 6.07 Å². The molecular formula is C14H16N2O. The first-order chi connectivity index (χ1) is 8.30. The lowest BCUT2D eigenvalue weighted by Crippen LogP contribution is -2.26. The third-order valence-corrected chi connectivity index (χ3v) is 2.99. The van der Waals surface area contributed by atoms with E-state index in [0.717, 1.165) is 17.8 Å². The van der Waals surface area contributed by atoms with Gasteiger partial charge in [-0.2, -0.15) is 5.26 Å². The fourth-order valence-corrected chi connectivity index (χ4v) is 1.99. The Labute approximate surface area is 102 Å². The van der Waals surface area contributed by atoms with Crippen molar-refractivity contribution in [3.8, 4) is 6.07 Å². The summed E-state index contributed by atoms with van der Waals surface area (Å²) in [5.74, 6) is 0. The Balaban J connectivity index is 2.35. The molecule has 1 N–H and O–H groups in total. The molecule has 0 amide bonds. The molecule has 1 aromatic rings. The summed E-state index contributed by atoms with van der Waals surface area (Å²) in [7, 11) is 0. The second kappa shape index (κ2) is 5.03. The van der Waals surface area contributed by atoms with E-state index in [0.29, 0.717) is 11.6 Å². The molecule has 1 aromatic carbocycles. The van der Waals surface area contributed by atoms with Crippen molar-refractivity contribution in [1.82, 2.24) is 0 Å². The number of rotatable bonds is 5. The number of hydrogen-bond donors (Lipinski definition) is 1. The molecule has 2 rings (SSSR count). The van der Waals surface area contributed by atoms with Crippen LogP contribution in [0.3, 0.4) is 0 Å². The molecule has 0 bridgehead atoms. The molecule has 0 saturated heterocycles. The number of nitriles is 1. The van der Waals surface area contributed by atoms with Gasteiger partial charge in [0, 0.05) is 12.6 Å². The third-order valence-electron chi connectivity index (χ3n) is 2.99. The fraction of sp³-hybridized carbons (Fsp3) is 0.357. The number of aliphatic hydroxyl groups is 1. The van der Waals surface area contributed by atoms with Crippen molar-refractivity contribution >= 4 is 5.69 Å². The largest absolute Gasteiger partial charge is 0.392 e. The van der Waals surface area contributed by atoms with Crippen molar-refractivity contribution < 1.29 is 5.11 Å². The topological polar surface area (TPSA) is 47.3 Å². The average Bonchev–Trinajstić information content (AvgIpc) is 3.19. The lowest BCUT2D eigenvalue weighted by Gasteiger charge is -2.24. The Morgan fingerprint density at radius 2 is 2.29 bits per heavy atom. The van der Waals surface area contributed by atoms with E-state index in [1.165, 1.54) is 12.8 Å². The van der Waals surface area contributed by atoms with Crippen molar-refractivity contribution in [1.29, 1.82) is 5.26 Å². The highest BCUT2D eigenvalue weighted by Crippen LogP contribution is 2.33. The maximum absolute atomic E-state index is 9.17. The van der Waals surface area contributed by atoms with Gasteiger partial charge in [-0.3, -0.25) is 0 Å². The molecule has 0 aliphatic heterocycles. The van der Waals surface area contributed by atoms with Crippen molar-refractivity contribution in [2.24, 2.45) is 0 Å². The van der Waals surface area contributed by atoms with Gasteiger partial charge in [0.2, 0.25) is 0 Å². The standard InChI is InChI=1S/C14H16N2O/c1-2-7-16(13-4-5-13)14-6-3-11(10-17)8-12(14)9-15/h2-3,6,8,13,17H,1,4-5,7,10H2. The molecule has 3 nitrogen and oxygen atoms in total. The van der Waals surface area contributed by atoms with Crippen molar-refractivity contribution in [3.05, 3.63) is 42.0 Å². The Kier molecular flexibility index (Phi) is 3.46. The van der Waals surface area contributed by atoms with E-state index in [-0.39, 0.29) is 6.61 Å². The number of benzene rings is 1. The van der Waals surface area contributed by atoms with E-state index in [1.807, 2.05) is 18.2 Å². The van der Waals surface area contributed by atoms with Crippen LogP contribution in [0.2, 0.25) is 0 Å². The van der Waals surface area contributed by atoms with E-state index >= 15 is 0 Å². The van der Waals surface area contributed by atoms with E-state index in [4.69, 9.17) is 5.11 Å². The minimum atomic E-state index is -0.0279. The van der Waals surface area contributed by atoms with Gasteiger partial charge in [-0.1, -0.05) is 12.1 Å². The summed E-state index contributed by atoms with van der Waals surface area (Å²) in [6.07, 6.45) is 4.22. The molecule has 1 aliphatic carbocycles. The maximum Gasteiger partial charge on any atom is 0.101 e. The van der Waals surface area contributed by atoms with Crippen LogP contribution in [0.1, 0.15) is 24.0 Å². The van der Waals surface area contributed by atoms with Gasteiger partial charge in [0.05, 0.1) is 17.9 Å². The maximum atomic E-state index is 9.17. The summed E-state index contributed by atoms with van der Waals surface area (Å²) in [6.45, 7) is 4.49. The van der Waals surface area contributed by atoms with E-state index in [1.54, 1.807) is 6.07 Å². The Morgan fingerprint density at radius 3 is 2.82 bits per heavy atom. The second-order valence-corrected chi connectivity index (χ2v) is 4.29. The first-order valence-corrected chi connectivity index (χ1v) is 5.81. The molecule has 0 radical (unpaired) electrons. The Morgan fingerprint density at radius 1 is 1.53 bits per heavy atom. The number of nitrogens with zero attached hydrogens (tertiary/aromatic N) is 2. The summed E-state index contributed by atoms with van der Waals surface area (Å²) in [5, 5.41) is 18.2. The number of anilines is 1. The van der Waals surface area contributed by atoms with E-state index in [9.17, 15) is 5.26 Å². The third kappa shape index (κ3) is 2.48. The molecule has 17 heavy (non-hydrogen) atoms. The summed E-state index contributed by atoms with van der Waals surface area (Å²) in [5.41, 5.74) is 2.36. The second-order valence-electron chi connectivity index (χ2n) is 4.29. The highest BCUT2D eigenvalue weighted by Gasteiger charge is 2.29. The van der Waals surface area contributed by atoms with Gasteiger partial charge >= 0.3 is 0 Å². The molecule has 0 atom stereocenters. The van der Waals surface area contributed by atoms with Gasteiger partial charge in [-0.15, -0.1) is 6.58 Å². The average molecular weight is 228 g/mol. The predicted molar refractivity (Wildman–Crippen MR) is 67.6 cm³/mol. The molecule has 0 unspecified atom stereocenters. The van der Waals surface area contributed by atoms with Crippen LogP contribution >= 0.6 is 0 Å². The molecule has 88 valence electrons. The quantitative estimate of drug-likeness (QED) is 0.786. The van der Waals surface area contributed by atoms with Crippen LogP contribution in [-0.2, 0) is 6.61 Å². The zero-order valence-corrected chi connectivity index (χ0v) is 9.76. The molecule has 0 aromatic heterocycles. The van der Waals surface area contributed by atoms with Crippen LogP contribution in [0.5, 0.6) is 0 Å². The van der Waals surface area contributed by atoms with Gasteiger partial charge in [-0.25, -0.2) is 0 Å². The lowest BCUT2D eigenvalue weighted by molar-refractivity contribution is 0.282. The highest BCUT2D eigenvalue weighted by molar-refractivity contribution is 5.62. The zero-order valence-electron chi connectivity index (χ0n) is 9.76. The van der Waals surface area contributed by atoms with E-state index < -0.39 is 0 Å². The van der Waals surface area contributed by atoms with Crippen LogP contribution in [0.15, 0.2) is 30.9 Å². The van der Waals surface area contributed by atoms with Crippen LogP contribution in [-0.4, -0.2) is 17.7 Å². The van der Waals surface area contributed by atoms with Gasteiger partial charge in [0.15, 0.2) is 0 Å². The summed E-state index contributed by atoms with van der Waals surface area (Å²) in [4.78, 5) is 2.21. The molecule has 0 heterocycles. The van der Waals surface area contributed by atoms with Gasteiger partial charge in [-0.05, 0) is 30.5 Å². The first kappa shape index (κ1) is 11.7. The Bertz CT molecular complexity index is 458. The van der Waals surface area contributed by atoms with Gasteiger partial charge < -0.3 is 10.0 Å².